The van der Waals surface area contributed by atoms with E-state index in [0.717, 1.165) is 31.5 Å². The predicted molar refractivity (Wildman–Crippen MR) is 79.9 cm³/mol. The van der Waals surface area contributed by atoms with Gasteiger partial charge in [0, 0.05) is 12.0 Å². The van der Waals surface area contributed by atoms with Gasteiger partial charge in [0.15, 0.2) is 0 Å². The van der Waals surface area contributed by atoms with E-state index in [0.29, 0.717) is 5.92 Å². The van der Waals surface area contributed by atoms with E-state index in [-0.39, 0.29) is 0 Å². The monoisotopic (exact) mass is 292 g/mol. The third-order valence-corrected chi connectivity index (χ3v) is 4.04. The van der Waals surface area contributed by atoms with Crippen LogP contribution in [0.1, 0.15) is 36.0 Å². The minimum Gasteiger partial charge on any atom is -0.376 e. The lowest BCUT2D eigenvalue weighted by Gasteiger charge is -2.24. The largest absolute Gasteiger partial charge is 0.376 e. The van der Waals surface area contributed by atoms with Crippen molar-refractivity contribution in [3.8, 4) is 0 Å². The third kappa shape index (κ3) is 3.94. The molecular formula is C15H21FN4O. The molecule has 0 aliphatic carbocycles. The van der Waals surface area contributed by atoms with Crippen LogP contribution in [-0.2, 0) is 4.74 Å². The van der Waals surface area contributed by atoms with Crippen molar-refractivity contribution in [1.82, 2.24) is 5.32 Å². The molecule has 0 spiro atoms. The molecule has 0 amide bonds. The van der Waals surface area contributed by atoms with E-state index in [4.69, 9.17) is 10.3 Å². The van der Waals surface area contributed by atoms with Gasteiger partial charge in [-0.05, 0) is 48.5 Å². The summed E-state index contributed by atoms with van der Waals surface area (Å²) in [5.74, 6) is 0.579. The maximum absolute atomic E-state index is 13.0. The van der Waals surface area contributed by atoms with Crippen molar-refractivity contribution in [2.75, 3.05) is 26.9 Å². The fourth-order valence-corrected chi connectivity index (χ4v) is 2.87. The van der Waals surface area contributed by atoms with Crippen molar-refractivity contribution >= 4 is 0 Å². The highest BCUT2D eigenvalue weighted by molar-refractivity contribution is 5.28. The van der Waals surface area contributed by atoms with Crippen molar-refractivity contribution in [2.24, 2.45) is 5.11 Å². The summed E-state index contributed by atoms with van der Waals surface area (Å²) in [4.78, 5) is 2.69. The zero-order valence-corrected chi connectivity index (χ0v) is 12.2. The molecule has 0 saturated carbocycles. The van der Waals surface area contributed by atoms with Gasteiger partial charge in [0.25, 0.3) is 0 Å². The highest BCUT2D eigenvalue weighted by atomic mass is 19.1. The summed E-state index contributed by atoms with van der Waals surface area (Å²) in [5, 5.41) is 6.83. The topological polar surface area (TPSA) is 70.0 Å². The van der Waals surface area contributed by atoms with Crippen molar-refractivity contribution in [2.45, 2.75) is 30.9 Å². The number of nitrogens with one attached hydrogen (secondary N) is 1. The van der Waals surface area contributed by atoms with Crippen molar-refractivity contribution < 1.29 is 9.13 Å². The van der Waals surface area contributed by atoms with Crippen LogP contribution in [0.15, 0.2) is 29.4 Å². The second-order valence-electron chi connectivity index (χ2n) is 5.27. The molecular weight excluding hydrogens is 271 g/mol. The van der Waals surface area contributed by atoms with Crippen LogP contribution in [0.4, 0.5) is 4.39 Å². The van der Waals surface area contributed by atoms with Crippen molar-refractivity contribution in [1.29, 1.82) is 0 Å². The molecule has 2 rings (SSSR count). The maximum atomic E-state index is 13.0. The number of nitrogens with zero attached hydrogens (tertiary/aromatic N) is 3. The van der Waals surface area contributed by atoms with E-state index in [1.54, 1.807) is 0 Å². The Bertz CT molecular complexity index is 481. The number of ether oxygens (including phenoxy) is 1. The van der Waals surface area contributed by atoms with Crippen LogP contribution in [0.2, 0.25) is 0 Å². The van der Waals surface area contributed by atoms with Gasteiger partial charge in [-0.15, -0.1) is 0 Å². The van der Waals surface area contributed by atoms with Gasteiger partial charge in [0.1, 0.15) is 6.67 Å². The van der Waals surface area contributed by atoms with Crippen LogP contribution in [0, 0.1) is 0 Å². The summed E-state index contributed by atoms with van der Waals surface area (Å²) in [6.07, 6.45) is 1.73. The smallest absolute Gasteiger partial charge is 0.101 e. The molecule has 1 aliphatic rings. The van der Waals surface area contributed by atoms with Gasteiger partial charge in [0.2, 0.25) is 0 Å². The molecule has 114 valence electrons. The molecule has 1 aromatic carbocycles. The Morgan fingerprint density at radius 2 is 2.05 bits per heavy atom. The van der Waals surface area contributed by atoms with Gasteiger partial charge in [-0.2, -0.15) is 0 Å². The Morgan fingerprint density at radius 3 is 2.57 bits per heavy atom. The average molecular weight is 292 g/mol. The molecule has 1 saturated heterocycles. The van der Waals surface area contributed by atoms with Gasteiger partial charge >= 0.3 is 0 Å². The number of benzene rings is 1. The summed E-state index contributed by atoms with van der Waals surface area (Å²) in [7, 11) is 1.50. The summed E-state index contributed by atoms with van der Waals surface area (Å²) >= 11 is 0. The Hall–Kier alpha value is -1.62. The van der Waals surface area contributed by atoms with Gasteiger partial charge in [-0.3, -0.25) is 4.39 Å². The lowest BCUT2D eigenvalue weighted by molar-refractivity contribution is 0.0722. The number of azide groups is 1. The molecule has 0 radical (unpaired) electrons. The van der Waals surface area contributed by atoms with Crippen LogP contribution in [0.3, 0.4) is 0 Å². The second kappa shape index (κ2) is 7.98. The highest BCUT2D eigenvalue weighted by Crippen LogP contribution is 2.29. The number of rotatable bonds is 6. The Kier molecular flexibility index (Phi) is 5.99. The number of hydrogen-bond donors (Lipinski definition) is 1. The molecule has 0 aromatic heterocycles. The molecule has 6 heteroatoms. The molecule has 1 heterocycles. The zero-order valence-electron chi connectivity index (χ0n) is 12.2. The SMILES string of the molecule is CO[C@H](c1ccc(C2CCNCC2)cc1)[C@@H](CF)N=[N+]=[N-]. The fraction of sp³-hybridized carbons (Fsp3) is 0.600. The fourth-order valence-electron chi connectivity index (χ4n) is 2.87. The molecule has 1 fully saturated rings. The first-order valence-corrected chi connectivity index (χ1v) is 7.23. The lowest BCUT2D eigenvalue weighted by atomic mass is 9.89. The number of alkyl halides is 1. The highest BCUT2D eigenvalue weighted by Gasteiger charge is 2.22. The molecule has 2 atom stereocenters. The molecule has 21 heavy (non-hydrogen) atoms. The quantitative estimate of drug-likeness (QED) is 0.495. The van der Waals surface area contributed by atoms with Crippen LogP contribution < -0.4 is 5.32 Å². The number of piperidine rings is 1. The number of hydrogen-bond acceptors (Lipinski definition) is 3. The van der Waals surface area contributed by atoms with E-state index >= 15 is 0 Å². The normalized spacial score (nSPS) is 18.8. The van der Waals surface area contributed by atoms with E-state index < -0.39 is 18.8 Å². The predicted octanol–water partition coefficient (Wildman–Crippen LogP) is 3.49. The average Bonchev–Trinajstić information content (AvgIpc) is 2.56. The van der Waals surface area contributed by atoms with E-state index in [9.17, 15) is 4.39 Å². The van der Waals surface area contributed by atoms with Crippen LogP contribution >= 0.6 is 0 Å². The Morgan fingerprint density at radius 1 is 1.38 bits per heavy atom. The summed E-state index contributed by atoms with van der Waals surface area (Å²) in [5.41, 5.74) is 10.6. The first-order chi connectivity index (χ1) is 10.3. The molecule has 1 N–H and O–H groups in total. The van der Waals surface area contributed by atoms with E-state index in [1.807, 2.05) is 12.1 Å². The van der Waals surface area contributed by atoms with Crippen molar-refractivity contribution in [3.05, 3.63) is 45.8 Å². The van der Waals surface area contributed by atoms with Gasteiger partial charge < -0.3 is 10.1 Å². The van der Waals surface area contributed by atoms with Crippen molar-refractivity contribution in [3.63, 3.8) is 0 Å². The summed E-state index contributed by atoms with van der Waals surface area (Å²) in [6.45, 7) is 1.36. The second-order valence-corrected chi connectivity index (χ2v) is 5.27. The van der Waals surface area contributed by atoms with Gasteiger partial charge in [0.05, 0.1) is 12.1 Å². The molecule has 0 unspecified atom stereocenters. The molecule has 1 aromatic rings. The number of methoxy groups -OCH3 is 1. The standard InChI is InChI=1S/C15H21FN4O/c1-21-15(14(10-16)19-20-17)13-4-2-11(3-5-13)12-6-8-18-9-7-12/h2-5,12,14-15,18H,6-10H2,1H3/t14-,15-/m1/s1. The summed E-state index contributed by atoms with van der Waals surface area (Å²) in [6, 6.07) is 7.21. The number of halogens is 1. The minimum absolute atomic E-state index is 0.548. The van der Waals surface area contributed by atoms with Crippen LogP contribution in [0.25, 0.3) is 10.4 Å². The van der Waals surface area contributed by atoms with E-state index in [2.05, 4.69) is 27.5 Å². The lowest BCUT2D eigenvalue weighted by Crippen LogP contribution is -2.26. The molecule has 5 nitrogen and oxygen atoms in total. The maximum Gasteiger partial charge on any atom is 0.101 e. The first-order valence-electron chi connectivity index (χ1n) is 7.23. The Balaban J connectivity index is 2.13. The van der Waals surface area contributed by atoms with E-state index in [1.165, 1.54) is 12.7 Å². The minimum atomic E-state index is -0.829. The molecule has 1 aliphatic heterocycles. The third-order valence-electron chi connectivity index (χ3n) is 4.04. The van der Waals surface area contributed by atoms with Crippen LogP contribution in [0.5, 0.6) is 0 Å². The molecule has 0 bridgehead atoms. The van der Waals surface area contributed by atoms with Gasteiger partial charge in [-0.1, -0.05) is 29.4 Å². The zero-order chi connectivity index (χ0) is 15.1. The first kappa shape index (κ1) is 15.8. The van der Waals surface area contributed by atoms with Crippen LogP contribution in [-0.4, -0.2) is 32.9 Å². The Labute approximate surface area is 124 Å². The summed E-state index contributed by atoms with van der Waals surface area (Å²) < 4.78 is 18.3. The van der Waals surface area contributed by atoms with Gasteiger partial charge in [-0.25, -0.2) is 0 Å².